The van der Waals surface area contributed by atoms with E-state index in [-0.39, 0.29) is 11.7 Å². The molecule has 0 radical (unpaired) electrons. The van der Waals surface area contributed by atoms with Gasteiger partial charge in [-0.1, -0.05) is 12.1 Å². The van der Waals surface area contributed by atoms with Crippen LogP contribution in [0.4, 0.5) is 15.8 Å². The molecule has 7 heteroatoms. The highest BCUT2D eigenvalue weighted by atomic mass is 19.1. The van der Waals surface area contributed by atoms with Crippen LogP contribution in [0.15, 0.2) is 46.9 Å². The molecule has 0 N–H and O–H groups in total. The third-order valence-corrected chi connectivity index (χ3v) is 4.54. The van der Waals surface area contributed by atoms with E-state index in [0.29, 0.717) is 23.7 Å². The molecule has 0 saturated carbocycles. The van der Waals surface area contributed by atoms with Crippen LogP contribution < -0.4 is 4.90 Å². The summed E-state index contributed by atoms with van der Waals surface area (Å²) in [4.78, 5) is 17.3. The number of para-hydroxylation sites is 2. The summed E-state index contributed by atoms with van der Waals surface area (Å²) >= 11 is 0. The number of aromatic nitrogens is 1. The fraction of sp³-hybridized carbons (Fsp3) is 0.278. The first kappa shape index (κ1) is 15.6. The van der Waals surface area contributed by atoms with E-state index in [1.807, 2.05) is 29.2 Å². The molecular weight excluding hydrogens is 325 g/mol. The van der Waals surface area contributed by atoms with Gasteiger partial charge in [-0.15, -0.1) is 0 Å². The number of hydrogen-bond acceptors (Lipinski definition) is 5. The average molecular weight is 341 g/mol. The number of halogens is 1. The van der Waals surface area contributed by atoms with Crippen molar-refractivity contribution in [2.45, 2.75) is 25.3 Å². The van der Waals surface area contributed by atoms with Crippen LogP contribution in [0.25, 0.3) is 11.1 Å². The zero-order valence-electron chi connectivity index (χ0n) is 13.4. The molecule has 1 saturated heterocycles. The quantitative estimate of drug-likeness (QED) is 0.514. The number of hydrogen-bond donors (Lipinski definition) is 0. The monoisotopic (exact) mass is 341 g/mol. The van der Waals surface area contributed by atoms with Gasteiger partial charge >= 0.3 is 0 Å². The molecule has 1 fully saturated rings. The summed E-state index contributed by atoms with van der Waals surface area (Å²) in [6, 6.07) is 11.0. The molecule has 0 unspecified atom stereocenters. The minimum atomic E-state index is -0.620. The van der Waals surface area contributed by atoms with E-state index in [2.05, 4.69) is 4.98 Å². The second kappa shape index (κ2) is 6.16. The van der Waals surface area contributed by atoms with Crippen molar-refractivity contribution in [3.05, 3.63) is 64.3 Å². The molecule has 0 spiro atoms. The molecule has 2 aromatic carbocycles. The number of fused-ring (bicyclic) bond motifs is 1. The number of rotatable bonds is 3. The Morgan fingerprint density at radius 1 is 1.24 bits per heavy atom. The number of nitrogens with zero attached hydrogens (tertiary/aromatic N) is 3. The van der Waals surface area contributed by atoms with Crippen molar-refractivity contribution in [2.24, 2.45) is 0 Å². The number of piperidine rings is 1. The SMILES string of the molecule is O=[N+]([O-])c1cc(F)ccc1N1CCCC[C@@H]1c1nc2ccccc2o1. The van der Waals surface area contributed by atoms with Crippen LogP contribution in [0.2, 0.25) is 0 Å². The zero-order valence-corrected chi connectivity index (χ0v) is 13.4. The Labute approximate surface area is 143 Å². The van der Waals surface area contributed by atoms with E-state index in [1.54, 1.807) is 0 Å². The fourth-order valence-corrected chi connectivity index (χ4v) is 3.39. The van der Waals surface area contributed by atoms with Crippen LogP contribution >= 0.6 is 0 Å². The Morgan fingerprint density at radius 2 is 2.08 bits per heavy atom. The van der Waals surface area contributed by atoms with E-state index >= 15 is 0 Å². The van der Waals surface area contributed by atoms with E-state index < -0.39 is 10.7 Å². The number of benzene rings is 2. The second-order valence-corrected chi connectivity index (χ2v) is 6.11. The normalized spacial score (nSPS) is 17.8. The highest BCUT2D eigenvalue weighted by molar-refractivity contribution is 5.72. The molecule has 0 amide bonds. The maximum Gasteiger partial charge on any atom is 0.295 e. The standard InChI is InChI=1S/C18H16FN3O3/c19-12-8-9-14(16(11-12)22(23)24)21-10-4-3-6-15(21)18-20-13-5-1-2-7-17(13)25-18/h1-2,5,7-9,11,15H,3-4,6,10H2/t15-/m1/s1. The minimum Gasteiger partial charge on any atom is -0.438 e. The second-order valence-electron chi connectivity index (χ2n) is 6.11. The van der Waals surface area contributed by atoms with Crippen LogP contribution in [0.5, 0.6) is 0 Å². The number of oxazole rings is 1. The molecular formula is C18H16FN3O3. The Hall–Kier alpha value is -2.96. The van der Waals surface area contributed by atoms with Gasteiger partial charge in [-0.3, -0.25) is 10.1 Å². The number of nitro groups is 1. The van der Waals surface area contributed by atoms with E-state index in [1.165, 1.54) is 12.1 Å². The lowest BCUT2D eigenvalue weighted by atomic mass is 10.0. The van der Waals surface area contributed by atoms with Crippen LogP contribution in [0, 0.1) is 15.9 Å². The summed E-state index contributed by atoms with van der Waals surface area (Å²) in [5.74, 6) is -0.0783. The average Bonchev–Trinajstić information content (AvgIpc) is 3.05. The van der Waals surface area contributed by atoms with Crippen molar-refractivity contribution in [3.8, 4) is 0 Å². The lowest BCUT2D eigenvalue weighted by Crippen LogP contribution is -2.34. The number of anilines is 1. The molecule has 6 nitrogen and oxygen atoms in total. The summed E-state index contributed by atoms with van der Waals surface area (Å²) in [6.07, 6.45) is 2.67. The molecule has 1 aliphatic rings. The van der Waals surface area contributed by atoms with Gasteiger partial charge in [0, 0.05) is 6.54 Å². The summed E-state index contributed by atoms with van der Waals surface area (Å²) in [6.45, 7) is 0.635. The van der Waals surface area contributed by atoms with Gasteiger partial charge in [-0.2, -0.15) is 0 Å². The van der Waals surface area contributed by atoms with Crippen LogP contribution in [0.3, 0.4) is 0 Å². The molecule has 1 aliphatic heterocycles. The van der Waals surface area contributed by atoms with Gasteiger partial charge in [0.15, 0.2) is 5.58 Å². The van der Waals surface area contributed by atoms with Crippen molar-refractivity contribution in [3.63, 3.8) is 0 Å². The van der Waals surface area contributed by atoms with Crippen LogP contribution in [0.1, 0.15) is 31.2 Å². The molecule has 0 aliphatic carbocycles. The summed E-state index contributed by atoms with van der Waals surface area (Å²) in [7, 11) is 0. The van der Waals surface area contributed by atoms with Crippen molar-refractivity contribution in [1.29, 1.82) is 0 Å². The van der Waals surface area contributed by atoms with E-state index in [0.717, 1.165) is 30.8 Å². The van der Waals surface area contributed by atoms with Crippen LogP contribution in [-0.2, 0) is 0 Å². The molecule has 128 valence electrons. The summed E-state index contributed by atoms with van der Waals surface area (Å²) in [5, 5.41) is 11.4. The predicted molar refractivity (Wildman–Crippen MR) is 91.0 cm³/mol. The Morgan fingerprint density at radius 3 is 2.88 bits per heavy atom. The third-order valence-electron chi connectivity index (χ3n) is 4.54. The lowest BCUT2D eigenvalue weighted by molar-refractivity contribution is -0.384. The summed E-state index contributed by atoms with van der Waals surface area (Å²) < 4.78 is 19.4. The Kier molecular flexibility index (Phi) is 3.83. The van der Waals surface area contributed by atoms with E-state index in [4.69, 9.17) is 4.42 Å². The molecule has 25 heavy (non-hydrogen) atoms. The topological polar surface area (TPSA) is 72.4 Å². The lowest BCUT2D eigenvalue weighted by Gasteiger charge is -2.35. The molecule has 2 heterocycles. The largest absolute Gasteiger partial charge is 0.438 e. The fourth-order valence-electron chi connectivity index (χ4n) is 3.39. The minimum absolute atomic E-state index is 0.203. The third kappa shape index (κ3) is 2.82. The van der Waals surface area contributed by atoms with Crippen molar-refractivity contribution >= 4 is 22.5 Å². The maximum atomic E-state index is 13.5. The van der Waals surface area contributed by atoms with Crippen molar-refractivity contribution in [1.82, 2.24) is 4.98 Å². The summed E-state index contributed by atoms with van der Waals surface area (Å²) in [5.41, 5.74) is 1.62. The first-order chi connectivity index (χ1) is 12.1. The Bertz CT molecular complexity index is 907. The zero-order chi connectivity index (χ0) is 17.4. The van der Waals surface area contributed by atoms with Gasteiger partial charge in [-0.05, 0) is 43.5 Å². The number of nitro benzene ring substituents is 1. The maximum absolute atomic E-state index is 13.5. The molecule has 0 bridgehead atoms. The Balaban J connectivity index is 1.78. The molecule has 4 rings (SSSR count). The first-order valence-corrected chi connectivity index (χ1v) is 8.19. The smallest absolute Gasteiger partial charge is 0.295 e. The van der Waals surface area contributed by atoms with Gasteiger partial charge in [0.25, 0.3) is 5.69 Å². The van der Waals surface area contributed by atoms with Gasteiger partial charge in [0.05, 0.1) is 11.0 Å². The van der Waals surface area contributed by atoms with Crippen LogP contribution in [-0.4, -0.2) is 16.5 Å². The highest BCUT2D eigenvalue weighted by Gasteiger charge is 2.32. The van der Waals surface area contributed by atoms with Gasteiger partial charge < -0.3 is 9.32 Å². The van der Waals surface area contributed by atoms with Crippen molar-refractivity contribution < 1.29 is 13.7 Å². The predicted octanol–water partition coefficient (Wildman–Crippen LogP) is 4.61. The van der Waals surface area contributed by atoms with Gasteiger partial charge in [0.1, 0.15) is 23.1 Å². The van der Waals surface area contributed by atoms with Crippen molar-refractivity contribution in [2.75, 3.05) is 11.4 Å². The first-order valence-electron chi connectivity index (χ1n) is 8.19. The highest BCUT2D eigenvalue weighted by Crippen LogP contribution is 2.40. The van der Waals surface area contributed by atoms with E-state index in [9.17, 15) is 14.5 Å². The molecule has 3 aromatic rings. The molecule has 1 aromatic heterocycles. The van der Waals surface area contributed by atoms with Gasteiger partial charge in [0.2, 0.25) is 5.89 Å². The molecule has 1 atom stereocenters. The van der Waals surface area contributed by atoms with Gasteiger partial charge in [-0.25, -0.2) is 9.37 Å².